The monoisotopic (exact) mass is 403 g/mol. The number of nitrogens with zero attached hydrogens (tertiary/aromatic N) is 3. The molecule has 0 aliphatic carbocycles. The number of benzene rings is 1. The van der Waals surface area contributed by atoms with Crippen LogP contribution in [0.2, 0.25) is 0 Å². The number of primary amides is 1. The molecule has 2 rings (SSSR count). The van der Waals surface area contributed by atoms with Crippen LogP contribution < -0.4 is 22.0 Å². The highest BCUT2D eigenvalue weighted by Crippen LogP contribution is 2.24. The zero-order valence-electron chi connectivity index (χ0n) is 14.9. The van der Waals surface area contributed by atoms with Crippen LogP contribution >= 0.6 is 11.3 Å². The molecule has 11 nitrogen and oxygen atoms in total. The molecule has 0 spiro atoms. The Bertz CT molecular complexity index is 950. The number of thiazole rings is 1. The zero-order chi connectivity index (χ0) is 20.7. The predicted molar refractivity (Wildman–Crippen MR) is 106 cm³/mol. The molecule has 0 saturated heterocycles. The fraction of sp³-hybridized carbons (Fsp3) is 0.125. The quantitative estimate of drug-likeness (QED) is 0.313. The van der Waals surface area contributed by atoms with Crippen molar-refractivity contribution in [3.05, 3.63) is 56.6 Å². The number of carbonyl (C=O) groups is 2. The molecule has 2 aromatic rings. The van der Waals surface area contributed by atoms with Crippen LogP contribution in [-0.4, -0.2) is 27.6 Å². The Labute approximate surface area is 163 Å². The molecule has 1 heterocycles. The number of anilines is 1. The summed E-state index contributed by atoms with van der Waals surface area (Å²) in [5.41, 5.74) is 14.0. The number of hydrogen-bond donors (Lipinski definition) is 4. The molecule has 5 N–H and O–H groups in total. The third-order valence-corrected chi connectivity index (χ3v) is 4.29. The number of nitro benzene ring substituents is 1. The Balaban J connectivity index is 2.29. The molecule has 0 unspecified atom stereocenters. The molecule has 28 heavy (non-hydrogen) atoms. The average molecular weight is 403 g/mol. The van der Waals surface area contributed by atoms with Gasteiger partial charge in [-0.3, -0.25) is 25.8 Å². The lowest BCUT2D eigenvalue weighted by atomic mass is 10.1. The van der Waals surface area contributed by atoms with Crippen LogP contribution in [0.1, 0.15) is 23.1 Å². The van der Waals surface area contributed by atoms with Crippen molar-refractivity contribution in [2.45, 2.75) is 13.8 Å². The second-order valence-electron chi connectivity index (χ2n) is 5.39. The van der Waals surface area contributed by atoms with Gasteiger partial charge in [-0.25, -0.2) is 15.2 Å². The number of amides is 3. The minimum atomic E-state index is -0.833. The van der Waals surface area contributed by atoms with E-state index in [4.69, 9.17) is 5.73 Å². The summed E-state index contributed by atoms with van der Waals surface area (Å²) in [4.78, 5) is 37.2. The maximum atomic E-state index is 11.0. The highest BCUT2D eigenvalue weighted by Gasteiger charge is 2.13. The van der Waals surface area contributed by atoms with Gasteiger partial charge in [-0.1, -0.05) is 17.4 Å². The van der Waals surface area contributed by atoms with Gasteiger partial charge in [0.05, 0.1) is 15.5 Å². The van der Waals surface area contributed by atoms with Gasteiger partial charge >= 0.3 is 6.03 Å². The lowest BCUT2D eigenvalue weighted by molar-refractivity contribution is -0.384. The van der Waals surface area contributed by atoms with E-state index in [-0.39, 0.29) is 11.6 Å². The predicted octanol–water partition coefficient (Wildman–Crippen LogP) is 1.91. The van der Waals surface area contributed by atoms with Crippen molar-refractivity contribution in [2.24, 2.45) is 10.8 Å². The molecule has 3 amide bonds. The number of non-ortho nitro benzene ring substituents is 1. The van der Waals surface area contributed by atoms with Crippen LogP contribution in [0.5, 0.6) is 0 Å². The second kappa shape index (κ2) is 9.23. The first kappa shape index (κ1) is 20.5. The first-order valence-electron chi connectivity index (χ1n) is 7.82. The van der Waals surface area contributed by atoms with Crippen LogP contribution in [0.15, 0.2) is 35.4 Å². The number of nitro groups is 1. The van der Waals surface area contributed by atoms with Gasteiger partial charge in [0, 0.05) is 19.1 Å². The number of urea groups is 1. The number of hydrazone groups is 1. The van der Waals surface area contributed by atoms with Crippen molar-refractivity contribution in [2.75, 3.05) is 5.43 Å². The smallest absolute Gasteiger partial charge is 0.332 e. The minimum Gasteiger partial charge on any atom is -0.350 e. The standard InChI is InChI=1S/C16H17N7O4S/c1-9-14(28-16(18-9)22-19-10(2)24)13(20-21-15(17)25)8-5-11-3-6-12(7-4-11)23(26)27/h3-8H,1-2H3,(H,18,22)(H,19,24)(H3,17,21,25)/b8-5-,20-13-. The van der Waals surface area contributed by atoms with Gasteiger partial charge in [-0.05, 0) is 30.7 Å². The summed E-state index contributed by atoms with van der Waals surface area (Å²) in [6.07, 6.45) is 3.28. The lowest BCUT2D eigenvalue weighted by Crippen LogP contribution is -2.26. The molecule has 0 radical (unpaired) electrons. The molecule has 1 aromatic carbocycles. The summed E-state index contributed by atoms with van der Waals surface area (Å²) in [5, 5.41) is 15.1. The summed E-state index contributed by atoms with van der Waals surface area (Å²) < 4.78 is 0. The van der Waals surface area contributed by atoms with E-state index in [0.717, 1.165) is 0 Å². The van der Waals surface area contributed by atoms with Gasteiger partial charge in [0.15, 0.2) is 0 Å². The Hall–Kier alpha value is -3.80. The number of aromatic nitrogens is 1. The molecule has 0 aliphatic rings. The molecule has 146 valence electrons. The first-order chi connectivity index (χ1) is 13.3. The van der Waals surface area contributed by atoms with E-state index >= 15 is 0 Å². The van der Waals surface area contributed by atoms with E-state index in [1.165, 1.54) is 30.4 Å². The highest BCUT2D eigenvalue weighted by molar-refractivity contribution is 7.17. The zero-order valence-corrected chi connectivity index (χ0v) is 15.7. The molecule has 0 atom stereocenters. The van der Waals surface area contributed by atoms with E-state index in [1.54, 1.807) is 31.2 Å². The molecule has 0 bridgehead atoms. The molecule has 12 heteroatoms. The van der Waals surface area contributed by atoms with Crippen molar-refractivity contribution in [1.82, 2.24) is 15.8 Å². The summed E-state index contributed by atoms with van der Waals surface area (Å²) in [5.74, 6) is -0.281. The third kappa shape index (κ3) is 5.88. The maximum absolute atomic E-state index is 11.0. The van der Waals surface area contributed by atoms with Gasteiger partial charge in [0.2, 0.25) is 11.0 Å². The molecule has 0 aliphatic heterocycles. The Morgan fingerprint density at radius 1 is 1.32 bits per heavy atom. The fourth-order valence-corrected chi connectivity index (χ4v) is 2.88. The van der Waals surface area contributed by atoms with Gasteiger partial charge in [-0.15, -0.1) is 0 Å². The highest BCUT2D eigenvalue weighted by atomic mass is 32.1. The third-order valence-electron chi connectivity index (χ3n) is 3.20. The largest absolute Gasteiger partial charge is 0.350 e. The number of hydrazine groups is 1. The lowest BCUT2D eigenvalue weighted by Gasteiger charge is -2.01. The number of hydrogen-bond acceptors (Lipinski definition) is 8. The fourth-order valence-electron chi connectivity index (χ4n) is 1.99. The topological polar surface area (TPSA) is 165 Å². The van der Waals surface area contributed by atoms with Gasteiger partial charge in [0.25, 0.3) is 5.69 Å². The normalized spacial score (nSPS) is 11.3. The molecular formula is C16H17N7O4S. The van der Waals surface area contributed by atoms with Gasteiger partial charge < -0.3 is 5.73 Å². The van der Waals surface area contributed by atoms with Gasteiger partial charge in [0.1, 0.15) is 5.71 Å². The van der Waals surface area contributed by atoms with Gasteiger partial charge in [-0.2, -0.15) is 5.10 Å². The summed E-state index contributed by atoms with van der Waals surface area (Å²) in [6.45, 7) is 3.09. The summed E-state index contributed by atoms with van der Waals surface area (Å²) in [7, 11) is 0. The van der Waals surface area contributed by atoms with E-state index in [2.05, 4.69) is 26.4 Å². The number of carbonyl (C=O) groups excluding carboxylic acids is 2. The van der Waals surface area contributed by atoms with Crippen LogP contribution in [-0.2, 0) is 4.79 Å². The van der Waals surface area contributed by atoms with E-state index in [9.17, 15) is 19.7 Å². The SMILES string of the molecule is CC(=O)NNc1nc(C)c(C(/C=C\c2ccc([N+](=O)[O-])cc2)=N\NC(N)=O)s1. The van der Waals surface area contributed by atoms with E-state index < -0.39 is 11.0 Å². The minimum absolute atomic E-state index is 0.0200. The number of allylic oxidation sites excluding steroid dienone is 1. The van der Waals surface area contributed by atoms with Crippen LogP contribution in [0.25, 0.3) is 6.08 Å². The number of aryl methyl sites for hydroxylation is 1. The van der Waals surface area contributed by atoms with Crippen molar-refractivity contribution in [3.8, 4) is 0 Å². The van der Waals surface area contributed by atoms with Crippen LogP contribution in [0.3, 0.4) is 0 Å². The van der Waals surface area contributed by atoms with Crippen LogP contribution in [0, 0.1) is 17.0 Å². The maximum Gasteiger partial charge on any atom is 0.332 e. The van der Waals surface area contributed by atoms with Crippen molar-refractivity contribution >= 4 is 45.9 Å². The second-order valence-corrected chi connectivity index (χ2v) is 6.39. The van der Waals surface area contributed by atoms with E-state index in [0.29, 0.717) is 27.0 Å². The Morgan fingerprint density at radius 3 is 2.57 bits per heavy atom. The molecule has 0 saturated carbocycles. The average Bonchev–Trinajstić information content (AvgIpc) is 3.01. The molecule has 1 aromatic heterocycles. The number of nitrogens with two attached hydrogens (primary N) is 1. The van der Waals surface area contributed by atoms with Crippen LogP contribution in [0.4, 0.5) is 15.6 Å². The van der Waals surface area contributed by atoms with Crippen molar-refractivity contribution in [1.29, 1.82) is 0 Å². The molecular weight excluding hydrogens is 386 g/mol. The first-order valence-corrected chi connectivity index (χ1v) is 8.64. The van der Waals surface area contributed by atoms with Crippen molar-refractivity contribution in [3.63, 3.8) is 0 Å². The number of rotatable bonds is 7. The van der Waals surface area contributed by atoms with Crippen molar-refractivity contribution < 1.29 is 14.5 Å². The summed E-state index contributed by atoms with van der Waals surface area (Å²) in [6, 6.07) is 5.09. The Kier molecular flexibility index (Phi) is 6.76. The van der Waals surface area contributed by atoms with E-state index in [1.807, 2.05) is 0 Å². The Morgan fingerprint density at radius 2 is 2.00 bits per heavy atom. The number of nitrogens with one attached hydrogen (secondary N) is 3. The summed E-state index contributed by atoms with van der Waals surface area (Å²) >= 11 is 1.20. The molecule has 0 fully saturated rings.